The second kappa shape index (κ2) is 13.0. The van der Waals surface area contributed by atoms with Gasteiger partial charge in [-0.2, -0.15) is 5.10 Å². The highest BCUT2D eigenvalue weighted by Crippen LogP contribution is 2.43. The summed E-state index contributed by atoms with van der Waals surface area (Å²) < 4.78 is 8.14. The minimum Gasteiger partial charge on any atom is -0.457 e. The zero-order valence-electron chi connectivity index (χ0n) is 26.1. The van der Waals surface area contributed by atoms with Crippen LogP contribution in [0.25, 0.3) is 38.7 Å². The number of nitrogens with one attached hydrogen (secondary N) is 2. The molecule has 0 fully saturated rings. The molecule has 0 aliphatic heterocycles. The Morgan fingerprint density at radius 2 is 1.17 bits per heavy atom. The van der Waals surface area contributed by atoms with E-state index in [1.165, 1.54) is 0 Å². The lowest BCUT2D eigenvalue weighted by molar-refractivity contribution is 0.482. The van der Waals surface area contributed by atoms with Crippen LogP contribution in [-0.4, -0.2) is 9.78 Å². The molecule has 0 spiro atoms. The molecule has 48 heavy (non-hydrogen) atoms. The molecule has 230 valence electrons. The molecule has 7 aromatic carbocycles. The molecule has 0 atom stereocenters. The number of aromatic nitrogens is 2. The first-order valence-electron chi connectivity index (χ1n) is 16.0. The van der Waals surface area contributed by atoms with Gasteiger partial charge in [-0.1, -0.05) is 121 Å². The maximum Gasteiger partial charge on any atom is 0.129 e. The van der Waals surface area contributed by atoms with Gasteiger partial charge in [0.2, 0.25) is 0 Å². The Labute approximate surface area is 279 Å². The number of anilines is 4. The summed E-state index contributed by atoms with van der Waals surface area (Å²) in [5.41, 5.74) is 9.39. The lowest BCUT2D eigenvalue weighted by atomic mass is 9.95. The summed E-state index contributed by atoms with van der Waals surface area (Å²) in [7, 11) is 0. The second-order valence-corrected chi connectivity index (χ2v) is 11.5. The summed E-state index contributed by atoms with van der Waals surface area (Å²) in [6, 6.07) is 58.2. The third kappa shape index (κ3) is 6.00. The van der Waals surface area contributed by atoms with Crippen molar-refractivity contribution >= 4 is 33.5 Å². The van der Waals surface area contributed by atoms with E-state index < -0.39 is 0 Å². The van der Waals surface area contributed by atoms with Crippen molar-refractivity contribution in [3.8, 4) is 39.4 Å². The van der Waals surface area contributed by atoms with E-state index in [1.54, 1.807) is 6.20 Å². The van der Waals surface area contributed by atoms with Gasteiger partial charge in [0.25, 0.3) is 0 Å². The first kappa shape index (κ1) is 28.9. The van der Waals surface area contributed by atoms with E-state index in [0.29, 0.717) is 0 Å². The molecule has 0 radical (unpaired) electrons. The van der Waals surface area contributed by atoms with Gasteiger partial charge in [0.1, 0.15) is 11.5 Å². The predicted molar refractivity (Wildman–Crippen MR) is 198 cm³/mol. The zero-order valence-corrected chi connectivity index (χ0v) is 26.1. The number of hydrogen-bond acceptors (Lipinski definition) is 4. The van der Waals surface area contributed by atoms with Gasteiger partial charge in [-0.15, -0.1) is 0 Å². The molecule has 8 rings (SSSR count). The van der Waals surface area contributed by atoms with Crippen molar-refractivity contribution in [1.82, 2.24) is 9.78 Å². The van der Waals surface area contributed by atoms with Gasteiger partial charge in [-0.05, 0) is 52.9 Å². The van der Waals surface area contributed by atoms with Crippen molar-refractivity contribution in [2.75, 3.05) is 10.6 Å². The molecule has 1 heterocycles. The van der Waals surface area contributed by atoms with Crippen molar-refractivity contribution in [3.63, 3.8) is 0 Å². The summed E-state index contributed by atoms with van der Waals surface area (Å²) in [6.07, 6.45) is 3.68. The number of rotatable bonds is 9. The molecule has 0 saturated carbocycles. The fraction of sp³-hybridized carbons (Fsp3) is 0. The molecule has 0 aliphatic carbocycles. The molecular formula is C43H32N4O. The molecule has 0 saturated heterocycles. The van der Waals surface area contributed by atoms with Crippen LogP contribution in [0.15, 0.2) is 182 Å². The Hall–Kier alpha value is -6.59. The Bertz CT molecular complexity index is 2260. The number of fused-ring (bicyclic) bond motifs is 1. The summed E-state index contributed by atoms with van der Waals surface area (Å²) in [4.78, 5) is 0. The number of nitrogens with zero attached hydrogens (tertiary/aromatic N) is 2. The van der Waals surface area contributed by atoms with Crippen molar-refractivity contribution in [2.45, 2.75) is 0 Å². The molecule has 0 bridgehead atoms. The van der Waals surface area contributed by atoms with Crippen molar-refractivity contribution < 1.29 is 4.74 Å². The van der Waals surface area contributed by atoms with Crippen molar-refractivity contribution in [1.29, 1.82) is 0 Å². The molecule has 5 nitrogen and oxygen atoms in total. The summed E-state index contributed by atoms with van der Waals surface area (Å²) >= 11 is 0. The lowest BCUT2D eigenvalue weighted by Gasteiger charge is -2.22. The van der Waals surface area contributed by atoms with Gasteiger partial charge in [0, 0.05) is 46.7 Å². The Kier molecular flexibility index (Phi) is 7.83. The van der Waals surface area contributed by atoms with Crippen LogP contribution in [0.5, 0.6) is 11.5 Å². The topological polar surface area (TPSA) is 51.1 Å². The average Bonchev–Trinajstić information content (AvgIpc) is 3.69. The van der Waals surface area contributed by atoms with Gasteiger partial charge in [-0.3, -0.25) is 0 Å². The fourth-order valence-corrected chi connectivity index (χ4v) is 6.08. The van der Waals surface area contributed by atoms with E-state index in [4.69, 9.17) is 4.74 Å². The smallest absolute Gasteiger partial charge is 0.129 e. The predicted octanol–water partition coefficient (Wildman–Crippen LogP) is 11.6. The van der Waals surface area contributed by atoms with Crippen LogP contribution in [0.3, 0.4) is 0 Å². The quantitative estimate of drug-likeness (QED) is 0.169. The molecule has 2 N–H and O–H groups in total. The van der Waals surface area contributed by atoms with Gasteiger partial charge in [-0.25, -0.2) is 4.68 Å². The third-order valence-corrected chi connectivity index (χ3v) is 8.35. The Balaban J connectivity index is 1.19. The van der Waals surface area contributed by atoms with E-state index in [9.17, 15) is 0 Å². The number of hydrogen-bond donors (Lipinski definition) is 2. The van der Waals surface area contributed by atoms with Gasteiger partial charge in [0.15, 0.2) is 0 Å². The van der Waals surface area contributed by atoms with Gasteiger partial charge < -0.3 is 15.4 Å². The van der Waals surface area contributed by atoms with Crippen LogP contribution in [0.4, 0.5) is 22.7 Å². The molecule has 0 aliphatic rings. The Morgan fingerprint density at radius 3 is 1.90 bits per heavy atom. The molecule has 5 heteroatoms. The van der Waals surface area contributed by atoms with E-state index in [0.717, 1.165) is 73.0 Å². The maximum absolute atomic E-state index is 6.32. The van der Waals surface area contributed by atoms with Crippen molar-refractivity contribution in [2.24, 2.45) is 0 Å². The summed E-state index contributed by atoms with van der Waals surface area (Å²) in [5.74, 6) is 1.47. The van der Waals surface area contributed by atoms with Crippen molar-refractivity contribution in [3.05, 3.63) is 182 Å². The van der Waals surface area contributed by atoms with Crippen LogP contribution >= 0.6 is 0 Å². The van der Waals surface area contributed by atoms with Crippen LogP contribution in [0.2, 0.25) is 0 Å². The van der Waals surface area contributed by atoms with Crippen LogP contribution in [-0.2, 0) is 0 Å². The third-order valence-electron chi connectivity index (χ3n) is 8.35. The second-order valence-electron chi connectivity index (χ2n) is 11.5. The van der Waals surface area contributed by atoms with E-state index in [1.807, 2.05) is 59.4 Å². The maximum atomic E-state index is 6.32. The minimum absolute atomic E-state index is 0.730. The Morgan fingerprint density at radius 1 is 0.500 bits per heavy atom. The van der Waals surface area contributed by atoms with E-state index in [-0.39, 0.29) is 0 Å². The number of ether oxygens (including phenoxy) is 1. The van der Waals surface area contributed by atoms with Crippen LogP contribution in [0.1, 0.15) is 0 Å². The van der Waals surface area contributed by atoms with E-state index in [2.05, 4.69) is 137 Å². The highest BCUT2D eigenvalue weighted by Gasteiger charge is 2.16. The normalized spacial score (nSPS) is 10.9. The lowest BCUT2D eigenvalue weighted by Crippen LogP contribution is -2.02. The molecule has 8 aromatic rings. The fourth-order valence-electron chi connectivity index (χ4n) is 6.08. The highest BCUT2D eigenvalue weighted by atomic mass is 16.5. The van der Waals surface area contributed by atoms with Gasteiger partial charge >= 0.3 is 0 Å². The summed E-state index contributed by atoms with van der Waals surface area (Å²) in [6.45, 7) is 0. The minimum atomic E-state index is 0.730. The molecule has 0 amide bonds. The first-order chi connectivity index (χ1) is 23.8. The monoisotopic (exact) mass is 620 g/mol. The highest BCUT2D eigenvalue weighted by molar-refractivity contribution is 6.05. The largest absolute Gasteiger partial charge is 0.457 e. The average molecular weight is 621 g/mol. The summed E-state index contributed by atoms with van der Waals surface area (Å²) in [5, 5.41) is 14.3. The molecule has 1 aromatic heterocycles. The van der Waals surface area contributed by atoms with E-state index >= 15 is 0 Å². The zero-order chi connectivity index (χ0) is 32.1. The van der Waals surface area contributed by atoms with Crippen LogP contribution < -0.4 is 15.4 Å². The molecular weight excluding hydrogens is 589 g/mol. The van der Waals surface area contributed by atoms with Gasteiger partial charge in [0.05, 0.1) is 22.7 Å². The van der Waals surface area contributed by atoms with Crippen LogP contribution in [0, 0.1) is 0 Å². The first-order valence-corrected chi connectivity index (χ1v) is 16.0. The SMILES string of the molecule is c1ccc(-c2cccc(-c3ccccc3)c2Nc2c(Nc3cccc(Oc4cccc(-n5cccn5)c4)c3)ccc3ccccc23)cc1. The molecule has 0 unspecified atom stereocenters. The number of para-hydroxylation sites is 1. The standard InChI is InChI=1S/C43H32N4O/c1-3-13-31(14-4-1)38-23-11-24-39(32-15-5-2-6-16-32)42(38)46-43-40-22-8-7-17-33(40)25-26-41(43)45-34-18-9-20-36(29-34)48-37-21-10-19-35(30-37)47-28-12-27-44-47/h1-30,45-46H. The number of benzene rings is 7.